The molecule has 0 saturated heterocycles. The summed E-state index contributed by atoms with van der Waals surface area (Å²) in [5.74, 6) is 2.12. The number of hydrogen-bond acceptors (Lipinski definition) is 6. The normalized spacial score (nSPS) is 11.4. The van der Waals surface area contributed by atoms with Crippen molar-refractivity contribution in [1.29, 1.82) is 5.26 Å². The minimum atomic E-state index is -0.0783. The first-order valence-corrected chi connectivity index (χ1v) is 13.9. The highest BCUT2D eigenvalue weighted by Crippen LogP contribution is 2.26. The van der Waals surface area contributed by atoms with Gasteiger partial charge in [0.25, 0.3) is 0 Å². The highest BCUT2D eigenvalue weighted by molar-refractivity contribution is 5.59. The van der Waals surface area contributed by atoms with Gasteiger partial charge in [0.1, 0.15) is 11.6 Å². The summed E-state index contributed by atoms with van der Waals surface area (Å²) < 4.78 is 8.98. The Kier molecular flexibility index (Phi) is 9.15. The van der Waals surface area contributed by atoms with Crippen LogP contribution in [-0.2, 0) is 37.8 Å². The summed E-state index contributed by atoms with van der Waals surface area (Å²) in [4.78, 5) is 22.3. The maximum absolute atomic E-state index is 13.0. The van der Waals surface area contributed by atoms with Crippen LogP contribution in [0.3, 0.4) is 0 Å². The number of nitrogens with zero attached hydrogens (tertiary/aromatic N) is 6. The summed E-state index contributed by atoms with van der Waals surface area (Å²) in [6, 6.07) is 18.3. The smallest absolute Gasteiger partial charge is 0.346 e. The van der Waals surface area contributed by atoms with E-state index in [1.54, 1.807) is 15.4 Å². The number of rotatable bonds is 11. The fourth-order valence-corrected chi connectivity index (χ4v) is 4.71. The standard InChI is InChI=1S/C32H38N6O2/c1-6-37-29(36-38(31(37)39)22-23-11-14-26(15-12-23)32(3,4)5)10-8-9-27-18-20-34-30(35-27)25-13-16-28(40-7-2)24(21-25)17-19-33/h11-16,18,20-21H,6-10,17,22H2,1-5H3. The SMILES string of the molecule is CCOc1ccc(-c2nccc(CCCc3nn(Cc4ccc(C(C)(C)C)cc4)c(=O)n3CC)n2)cc1CC#N. The third-order valence-corrected chi connectivity index (χ3v) is 6.90. The van der Waals surface area contributed by atoms with E-state index >= 15 is 0 Å². The topological polar surface area (TPSA) is 98.6 Å². The predicted molar refractivity (Wildman–Crippen MR) is 156 cm³/mol. The Morgan fingerprint density at radius 1 is 1.02 bits per heavy atom. The van der Waals surface area contributed by atoms with E-state index in [4.69, 9.17) is 14.8 Å². The van der Waals surface area contributed by atoms with Gasteiger partial charge in [0.15, 0.2) is 5.82 Å². The van der Waals surface area contributed by atoms with Crippen molar-refractivity contribution in [3.63, 3.8) is 0 Å². The van der Waals surface area contributed by atoms with E-state index in [1.165, 1.54) is 5.56 Å². The van der Waals surface area contributed by atoms with Crippen LogP contribution in [0.25, 0.3) is 11.4 Å². The molecule has 0 bridgehead atoms. The van der Waals surface area contributed by atoms with Crippen LogP contribution in [0.1, 0.15) is 69.2 Å². The van der Waals surface area contributed by atoms with Crippen molar-refractivity contribution in [2.75, 3.05) is 6.61 Å². The fourth-order valence-electron chi connectivity index (χ4n) is 4.71. The Hall–Kier alpha value is -4.25. The molecule has 208 valence electrons. The molecule has 0 spiro atoms. The van der Waals surface area contributed by atoms with Gasteiger partial charge >= 0.3 is 5.69 Å². The van der Waals surface area contributed by atoms with E-state index in [-0.39, 0.29) is 17.5 Å². The molecule has 0 saturated carbocycles. The number of nitriles is 1. The van der Waals surface area contributed by atoms with E-state index in [0.717, 1.165) is 41.1 Å². The van der Waals surface area contributed by atoms with Crippen LogP contribution < -0.4 is 10.4 Å². The maximum atomic E-state index is 13.0. The lowest BCUT2D eigenvalue weighted by atomic mass is 9.87. The maximum Gasteiger partial charge on any atom is 0.346 e. The highest BCUT2D eigenvalue weighted by atomic mass is 16.5. The molecular weight excluding hydrogens is 500 g/mol. The van der Waals surface area contributed by atoms with E-state index < -0.39 is 0 Å². The molecule has 4 rings (SSSR count). The average molecular weight is 539 g/mol. The summed E-state index contributed by atoms with van der Waals surface area (Å²) >= 11 is 0. The monoisotopic (exact) mass is 538 g/mol. The lowest BCUT2D eigenvalue weighted by Crippen LogP contribution is -2.25. The number of hydrogen-bond donors (Lipinski definition) is 0. The van der Waals surface area contributed by atoms with Crippen molar-refractivity contribution in [2.45, 2.75) is 78.8 Å². The van der Waals surface area contributed by atoms with Gasteiger partial charge < -0.3 is 4.74 Å². The second kappa shape index (κ2) is 12.7. The Morgan fingerprint density at radius 2 is 1.80 bits per heavy atom. The highest BCUT2D eigenvalue weighted by Gasteiger charge is 2.15. The van der Waals surface area contributed by atoms with E-state index in [2.05, 4.69) is 56.1 Å². The molecule has 0 radical (unpaired) electrons. The summed E-state index contributed by atoms with van der Waals surface area (Å²) in [7, 11) is 0. The second-order valence-corrected chi connectivity index (χ2v) is 10.9. The van der Waals surface area contributed by atoms with Gasteiger partial charge in [-0.05, 0) is 67.5 Å². The Labute approximate surface area is 236 Å². The van der Waals surface area contributed by atoms with Crippen molar-refractivity contribution in [3.05, 3.63) is 93.4 Å². The van der Waals surface area contributed by atoms with Gasteiger partial charge in [-0.15, -0.1) is 0 Å². The molecule has 4 aromatic rings. The van der Waals surface area contributed by atoms with Crippen molar-refractivity contribution < 1.29 is 4.74 Å². The van der Waals surface area contributed by atoms with Crippen LogP contribution in [-0.4, -0.2) is 30.9 Å². The van der Waals surface area contributed by atoms with E-state index in [9.17, 15) is 10.1 Å². The molecule has 2 aromatic carbocycles. The van der Waals surface area contributed by atoms with Gasteiger partial charge in [-0.3, -0.25) is 4.57 Å². The van der Waals surface area contributed by atoms with Gasteiger partial charge in [-0.1, -0.05) is 45.0 Å². The summed E-state index contributed by atoms with van der Waals surface area (Å²) in [5.41, 5.74) is 4.93. The number of aromatic nitrogens is 5. The fraction of sp³-hybridized carbons (Fsp3) is 0.406. The van der Waals surface area contributed by atoms with Crippen LogP contribution in [0.4, 0.5) is 0 Å². The average Bonchev–Trinajstić information content (AvgIpc) is 3.23. The molecular formula is C32H38N6O2. The Bertz CT molecular complexity index is 1540. The van der Waals surface area contributed by atoms with E-state index in [0.29, 0.717) is 37.7 Å². The van der Waals surface area contributed by atoms with Gasteiger partial charge in [0.05, 0.1) is 25.6 Å². The molecule has 0 aliphatic heterocycles. The van der Waals surface area contributed by atoms with Crippen molar-refractivity contribution in [2.24, 2.45) is 0 Å². The number of benzene rings is 2. The molecule has 0 aliphatic rings. The Morgan fingerprint density at radius 3 is 2.48 bits per heavy atom. The molecule has 40 heavy (non-hydrogen) atoms. The molecule has 0 amide bonds. The van der Waals surface area contributed by atoms with Crippen molar-refractivity contribution in [1.82, 2.24) is 24.3 Å². The van der Waals surface area contributed by atoms with Crippen LogP contribution in [0.5, 0.6) is 5.75 Å². The molecule has 0 fully saturated rings. The van der Waals surface area contributed by atoms with Crippen molar-refractivity contribution >= 4 is 0 Å². The molecule has 0 N–H and O–H groups in total. The second-order valence-electron chi connectivity index (χ2n) is 10.9. The van der Waals surface area contributed by atoms with Crippen LogP contribution in [0.15, 0.2) is 59.5 Å². The minimum Gasteiger partial charge on any atom is -0.494 e. The molecule has 2 heterocycles. The zero-order valence-electron chi connectivity index (χ0n) is 24.1. The van der Waals surface area contributed by atoms with Crippen LogP contribution in [0, 0.1) is 11.3 Å². The summed E-state index contributed by atoms with van der Waals surface area (Å²) in [6.45, 7) is 12.0. The van der Waals surface area contributed by atoms with Gasteiger partial charge in [-0.25, -0.2) is 19.4 Å². The largest absolute Gasteiger partial charge is 0.494 e. The number of ether oxygens (including phenoxy) is 1. The molecule has 0 aliphatic carbocycles. The number of aryl methyl sites for hydroxylation is 2. The minimum absolute atomic E-state index is 0.0783. The third-order valence-electron chi connectivity index (χ3n) is 6.90. The molecule has 0 unspecified atom stereocenters. The molecule has 8 nitrogen and oxygen atoms in total. The van der Waals surface area contributed by atoms with Crippen LogP contribution >= 0.6 is 0 Å². The third kappa shape index (κ3) is 6.84. The first-order chi connectivity index (χ1) is 19.2. The first-order valence-electron chi connectivity index (χ1n) is 13.9. The zero-order chi connectivity index (χ0) is 28.7. The Balaban J connectivity index is 1.44. The lowest BCUT2D eigenvalue weighted by Gasteiger charge is -2.19. The molecule has 0 atom stereocenters. The van der Waals surface area contributed by atoms with Gasteiger partial charge in [0, 0.05) is 36.0 Å². The summed E-state index contributed by atoms with van der Waals surface area (Å²) in [5, 5.41) is 13.9. The van der Waals surface area contributed by atoms with E-state index in [1.807, 2.05) is 38.1 Å². The quantitative estimate of drug-likeness (QED) is 0.250. The van der Waals surface area contributed by atoms with Crippen molar-refractivity contribution in [3.8, 4) is 23.2 Å². The first kappa shape index (κ1) is 28.8. The van der Waals surface area contributed by atoms with Gasteiger partial charge in [-0.2, -0.15) is 10.4 Å². The van der Waals surface area contributed by atoms with Crippen LogP contribution in [0.2, 0.25) is 0 Å². The molecule has 2 aromatic heterocycles. The zero-order valence-corrected chi connectivity index (χ0v) is 24.1. The van der Waals surface area contributed by atoms with Gasteiger partial charge in [0.2, 0.25) is 0 Å². The predicted octanol–water partition coefficient (Wildman–Crippen LogP) is 5.51. The lowest BCUT2D eigenvalue weighted by molar-refractivity contribution is 0.337. The summed E-state index contributed by atoms with van der Waals surface area (Å²) in [6.07, 6.45) is 4.23. The molecule has 8 heteroatoms.